The third-order valence-electron chi connectivity index (χ3n) is 3.45. The van der Waals surface area contributed by atoms with Crippen molar-refractivity contribution in [1.82, 2.24) is 15.3 Å². The van der Waals surface area contributed by atoms with Crippen LogP contribution in [0.3, 0.4) is 0 Å². The van der Waals surface area contributed by atoms with Crippen molar-refractivity contribution >= 4 is 11.8 Å². The molecule has 2 atom stereocenters. The van der Waals surface area contributed by atoms with Gasteiger partial charge in [-0.3, -0.25) is 4.98 Å². The Bertz CT molecular complexity index is 579. The molecule has 2 aromatic rings. The van der Waals surface area contributed by atoms with Gasteiger partial charge in [-0.05, 0) is 19.0 Å². The molecule has 110 valence electrons. The first kappa shape index (κ1) is 14.4. The van der Waals surface area contributed by atoms with Crippen molar-refractivity contribution in [3.63, 3.8) is 0 Å². The highest BCUT2D eigenvalue weighted by atomic mass is 32.2. The molecule has 0 spiro atoms. The predicted molar refractivity (Wildman–Crippen MR) is 84.6 cm³/mol. The Morgan fingerprint density at radius 2 is 2.24 bits per heavy atom. The Morgan fingerprint density at radius 3 is 3.05 bits per heavy atom. The average Bonchev–Trinajstić information content (AvgIpc) is 2.55. The number of thioether (sulfide) groups is 1. The lowest BCUT2D eigenvalue weighted by molar-refractivity contribution is 0.260. The van der Waals surface area contributed by atoms with Gasteiger partial charge in [0, 0.05) is 18.0 Å². The molecular weight excluding hydrogens is 282 g/mol. The van der Waals surface area contributed by atoms with Crippen LogP contribution in [0.2, 0.25) is 0 Å². The van der Waals surface area contributed by atoms with Gasteiger partial charge in [0.25, 0.3) is 0 Å². The van der Waals surface area contributed by atoms with Gasteiger partial charge in [0.1, 0.15) is 17.4 Å². The minimum atomic E-state index is 0.280. The van der Waals surface area contributed by atoms with Crippen molar-refractivity contribution in [2.75, 3.05) is 13.2 Å². The van der Waals surface area contributed by atoms with E-state index < -0.39 is 0 Å². The lowest BCUT2D eigenvalue weighted by atomic mass is 10.00. The second kappa shape index (κ2) is 6.91. The standard InChI is InChI=1S/C16H19N3OS/c1-2-7-19-16-12-5-3-4-6-13(12)20-11-14(16)21-15-10-17-8-9-18-15/h3-6,8-10,14,16,19H,2,7,11H2,1H3. The first-order valence-corrected chi connectivity index (χ1v) is 8.14. The van der Waals surface area contributed by atoms with Crippen LogP contribution >= 0.6 is 11.8 Å². The Morgan fingerprint density at radius 1 is 1.33 bits per heavy atom. The van der Waals surface area contributed by atoms with Crippen molar-refractivity contribution in [2.24, 2.45) is 0 Å². The number of para-hydroxylation sites is 1. The molecule has 3 rings (SSSR count). The molecule has 0 radical (unpaired) electrons. The van der Waals surface area contributed by atoms with Gasteiger partial charge in [-0.25, -0.2) is 4.98 Å². The number of fused-ring (bicyclic) bond motifs is 1. The number of ether oxygens (including phenoxy) is 1. The molecule has 0 saturated carbocycles. The van der Waals surface area contributed by atoms with Crippen LogP contribution in [0, 0.1) is 0 Å². The molecule has 21 heavy (non-hydrogen) atoms. The molecule has 0 amide bonds. The summed E-state index contributed by atoms with van der Waals surface area (Å²) in [7, 11) is 0. The Balaban J connectivity index is 1.82. The molecule has 0 bridgehead atoms. The highest BCUT2D eigenvalue weighted by Gasteiger charge is 2.31. The fourth-order valence-electron chi connectivity index (χ4n) is 2.48. The normalized spacial score (nSPS) is 20.6. The molecule has 5 heteroatoms. The van der Waals surface area contributed by atoms with E-state index in [2.05, 4.69) is 34.3 Å². The summed E-state index contributed by atoms with van der Waals surface area (Å²) < 4.78 is 5.91. The van der Waals surface area contributed by atoms with Crippen molar-refractivity contribution in [2.45, 2.75) is 29.7 Å². The van der Waals surface area contributed by atoms with Crippen molar-refractivity contribution in [1.29, 1.82) is 0 Å². The second-order valence-electron chi connectivity index (χ2n) is 4.98. The summed E-state index contributed by atoms with van der Waals surface area (Å²) in [5, 5.41) is 4.88. The maximum Gasteiger partial charge on any atom is 0.124 e. The van der Waals surface area contributed by atoms with E-state index in [0.717, 1.165) is 23.7 Å². The summed E-state index contributed by atoms with van der Waals surface area (Å²) in [5.74, 6) is 0.988. The Labute approximate surface area is 129 Å². The summed E-state index contributed by atoms with van der Waals surface area (Å²) in [6.45, 7) is 3.86. The summed E-state index contributed by atoms with van der Waals surface area (Å²) in [6, 6.07) is 8.55. The molecule has 1 aromatic carbocycles. The highest BCUT2D eigenvalue weighted by molar-refractivity contribution is 7.99. The van der Waals surface area contributed by atoms with Crippen LogP contribution in [-0.4, -0.2) is 28.4 Å². The highest BCUT2D eigenvalue weighted by Crippen LogP contribution is 2.39. The zero-order valence-corrected chi connectivity index (χ0v) is 12.8. The van der Waals surface area contributed by atoms with Gasteiger partial charge in [-0.1, -0.05) is 36.9 Å². The van der Waals surface area contributed by atoms with Crippen LogP contribution in [0.15, 0.2) is 47.9 Å². The van der Waals surface area contributed by atoms with Crippen LogP contribution in [0.4, 0.5) is 0 Å². The number of nitrogens with one attached hydrogen (secondary N) is 1. The van der Waals surface area contributed by atoms with Crippen LogP contribution in [0.25, 0.3) is 0 Å². The summed E-state index contributed by atoms with van der Waals surface area (Å²) >= 11 is 1.73. The smallest absolute Gasteiger partial charge is 0.124 e. The summed E-state index contributed by atoms with van der Waals surface area (Å²) in [6.07, 6.45) is 6.35. The van der Waals surface area contributed by atoms with Gasteiger partial charge >= 0.3 is 0 Å². The first-order valence-electron chi connectivity index (χ1n) is 7.26. The topological polar surface area (TPSA) is 47.0 Å². The van der Waals surface area contributed by atoms with E-state index in [1.165, 1.54) is 5.56 Å². The SMILES string of the molecule is CCCNC1c2ccccc2OCC1Sc1cnccn1. The Hall–Kier alpha value is -1.59. The number of nitrogens with zero attached hydrogens (tertiary/aromatic N) is 2. The van der Waals surface area contributed by atoms with Crippen LogP contribution < -0.4 is 10.1 Å². The van der Waals surface area contributed by atoms with Gasteiger partial charge in [0.05, 0.1) is 17.5 Å². The number of aromatic nitrogens is 2. The maximum atomic E-state index is 5.91. The number of benzene rings is 1. The largest absolute Gasteiger partial charge is 0.492 e. The Kier molecular flexibility index (Phi) is 4.72. The molecule has 2 heterocycles. The van der Waals surface area contributed by atoms with Crippen molar-refractivity contribution in [3.05, 3.63) is 48.4 Å². The fourth-order valence-corrected chi connectivity index (χ4v) is 3.55. The summed E-state index contributed by atoms with van der Waals surface area (Å²) in [4.78, 5) is 8.50. The van der Waals surface area contributed by atoms with E-state index in [0.29, 0.717) is 11.9 Å². The van der Waals surface area contributed by atoms with E-state index in [-0.39, 0.29) is 6.04 Å². The van der Waals surface area contributed by atoms with Gasteiger partial charge in [0.2, 0.25) is 0 Å². The van der Waals surface area contributed by atoms with Crippen molar-refractivity contribution in [3.8, 4) is 5.75 Å². The van der Waals surface area contributed by atoms with E-state index in [4.69, 9.17) is 4.74 Å². The molecule has 1 aromatic heterocycles. The zero-order chi connectivity index (χ0) is 14.5. The zero-order valence-electron chi connectivity index (χ0n) is 12.0. The van der Waals surface area contributed by atoms with Crippen molar-refractivity contribution < 1.29 is 4.74 Å². The molecule has 2 unspecified atom stereocenters. The van der Waals surface area contributed by atoms with E-state index in [9.17, 15) is 0 Å². The molecule has 1 aliphatic rings. The van der Waals surface area contributed by atoms with Crippen LogP contribution in [-0.2, 0) is 0 Å². The van der Waals surface area contributed by atoms with Gasteiger partial charge < -0.3 is 10.1 Å². The molecule has 1 N–H and O–H groups in total. The number of rotatable bonds is 5. The monoisotopic (exact) mass is 301 g/mol. The third-order valence-corrected chi connectivity index (χ3v) is 4.62. The predicted octanol–water partition coefficient (Wildman–Crippen LogP) is 3.07. The van der Waals surface area contributed by atoms with E-state index in [1.807, 2.05) is 18.3 Å². The molecular formula is C16H19N3OS. The van der Waals surface area contributed by atoms with E-state index >= 15 is 0 Å². The fraction of sp³-hybridized carbons (Fsp3) is 0.375. The second-order valence-corrected chi connectivity index (χ2v) is 6.24. The lowest BCUT2D eigenvalue weighted by Gasteiger charge is -2.33. The number of hydrogen-bond donors (Lipinski definition) is 1. The molecule has 1 aliphatic heterocycles. The van der Waals surface area contributed by atoms with Gasteiger partial charge in [-0.2, -0.15) is 0 Å². The van der Waals surface area contributed by atoms with Crippen LogP contribution in [0.5, 0.6) is 5.75 Å². The average molecular weight is 301 g/mol. The molecule has 0 fully saturated rings. The molecule has 0 aliphatic carbocycles. The van der Waals surface area contributed by atoms with Gasteiger partial charge in [0.15, 0.2) is 0 Å². The maximum absolute atomic E-state index is 5.91. The minimum absolute atomic E-state index is 0.280. The molecule has 4 nitrogen and oxygen atoms in total. The third kappa shape index (κ3) is 3.36. The van der Waals surface area contributed by atoms with Gasteiger partial charge in [-0.15, -0.1) is 0 Å². The minimum Gasteiger partial charge on any atom is -0.492 e. The summed E-state index contributed by atoms with van der Waals surface area (Å²) in [5.41, 5.74) is 1.23. The lowest BCUT2D eigenvalue weighted by Crippen LogP contribution is -2.37. The quantitative estimate of drug-likeness (QED) is 0.919. The number of hydrogen-bond acceptors (Lipinski definition) is 5. The first-order chi connectivity index (χ1) is 10.4. The van der Waals surface area contributed by atoms with Crippen LogP contribution in [0.1, 0.15) is 24.9 Å². The molecule has 0 saturated heterocycles. The van der Waals surface area contributed by atoms with E-state index in [1.54, 1.807) is 24.2 Å².